The highest BCUT2D eigenvalue weighted by Crippen LogP contribution is 2.28. The van der Waals surface area contributed by atoms with E-state index in [1.54, 1.807) is 32.0 Å². The lowest BCUT2D eigenvalue weighted by molar-refractivity contribution is -0.275. The molecule has 0 spiro atoms. The van der Waals surface area contributed by atoms with Crippen LogP contribution >= 0.6 is 0 Å². The van der Waals surface area contributed by atoms with Gasteiger partial charge in [-0.05, 0) is 25.0 Å². The average molecular weight is 270 g/mol. The molecule has 0 aliphatic heterocycles. The average Bonchev–Trinajstić information content (AvgIpc) is 2.09. The van der Waals surface area contributed by atoms with E-state index in [1.807, 2.05) is 0 Å². The van der Waals surface area contributed by atoms with Gasteiger partial charge in [0.15, 0.2) is 0 Å². The fourth-order valence-corrected chi connectivity index (χ4v) is 1.08. The summed E-state index contributed by atoms with van der Waals surface area (Å²) in [5.41, 5.74) is 0.967. The van der Waals surface area contributed by atoms with Crippen LogP contribution in [0.15, 0.2) is 18.2 Å². The van der Waals surface area contributed by atoms with E-state index in [0.717, 1.165) is 0 Å². The molecule has 0 heterocycles. The van der Waals surface area contributed by atoms with Crippen molar-refractivity contribution in [3.63, 3.8) is 0 Å². The maximum absolute atomic E-state index is 11.9. The first kappa shape index (κ1) is 15.9. The standard InChI is InChI=1S/C9H9F3O.H3NO2S/c1-6-4-3-5-7(2)8(6)13-9(10,11)12;1-4(2)3/h3-5H,1-2H3;1H2,(H,2,3)/p-1. The van der Waals surface area contributed by atoms with Gasteiger partial charge in [-0.15, -0.1) is 13.2 Å². The van der Waals surface area contributed by atoms with Crippen LogP contribution < -0.4 is 9.88 Å². The fraction of sp³-hybridized carbons (Fsp3) is 0.333. The van der Waals surface area contributed by atoms with E-state index in [4.69, 9.17) is 8.76 Å². The molecule has 0 aliphatic rings. The van der Waals surface area contributed by atoms with Crippen LogP contribution in [0.4, 0.5) is 13.2 Å². The molecule has 4 nitrogen and oxygen atoms in total. The number of alkyl halides is 3. The normalized spacial score (nSPS) is 12.4. The van der Waals surface area contributed by atoms with Crippen molar-refractivity contribution in [1.29, 1.82) is 0 Å². The van der Waals surface area contributed by atoms with Gasteiger partial charge in [-0.25, -0.2) is 0 Å². The van der Waals surface area contributed by atoms with Crippen molar-refractivity contribution in [3.8, 4) is 5.75 Å². The molecule has 0 saturated heterocycles. The number of halogens is 3. The number of hydrogen-bond donors (Lipinski definition) is 1. The molecule has 1 unspecified atom stereocenters. The van der Waals surface area contributed by atoms with E-state index in [2.05, 4.69) is 9.88 Å². The number of rotatable bonds is 1. The molecule has 0 aliphatic carbocycles. The van der Waals surface area contributed by atoms with Crippen molar-refractivity contribution in [2.75, 3.05) is 0 Å². The molecule has 0 bridgehead atoms. The Morgan fingerprint density at radius 1 is 1.29 bits per heavy atom. The first-order valence-corrected chi connectivity index (χ1v) is 5.43. The van der Waals surface area contributed by atoms with Crippen LogP contribution in [0.3, 0.4) is 0 Å². The van der Waals surface area contributed by atoms with E-state index in [9.17, 15) is 13.2 Å². The van der Waals surface area contributed by atoms with Gasteiger partial charge in [0.25, 0.3) is 0 Å². The highest BCUT2D eigenvalue weighted by Gasteiger charge is 2.32. The number of ether oxygens (including phenoxy) is 1. The fourth-order valence-electron chi connectivity index (χ4n) is 1.08. The second kappa shape index (κ2) is 6.58. The van der Waals surface area contributed by atoms with Crippen molar-refractivity contribution >= 4 is 11.3 Å². The molecule has 0 aromatic heterocycles. The molecule has 1 atom stereocenters. The number of hydrogen-bond acceptors (Lipinski definition) is 3. The minimum absolute atomic E-state index is 0.102. The summed E-state index contributed by atoms with van der Waals surface area (Å²) in [4.78, 5) is 0. The molecule has 2 N–H and O–H groups in total. The van der Waals surface area contributed by atoms with Crippen molar-refractivity contribution < 1.29 is 26.7 Å². The lowest BCUT2D eigenvalue weighted by Gasteiger charge is -2.13. The molecule has 1 aromatic carbocycles. The van der Waals surface area contributed by atoms with Crippen molar-refractivity contribution in [2.24, 2.45) is 5.14 Å². The zero-order chi connectivity index (χ0) is 13.6. The van der Waals surface area contributed by atoms with Gasteiger partial charge in [0.2, 0.25) is 0 Å². The van der Waals surface area contributed by atoms with Crippen molar-refractivity contribution in [3.05, 3.63) is 29.3 Å². The van der Waals surface area contributed by atoms with E-state index in [1.165, 1.54) is 0 Å². The van der Waals surface area contributed by atoms with E-state index in [-0.39, 0.29) is 5.75 Å². The Hall–Kier alpha value is -1.12. The van der Waals surface area contributed by atoms with E-state index in [0.29, 0.717) is 11.1 Å². The van der Waals surface area contributed by atoms with Crippen molar-refractivity contribution in [1.82, 2.24) is 0 Å². The maximum Gasteiger partial charge on any atom is 0.573 e. The topological polar surface area (TPSA) is 75.4 Å². The zero-order valence-electron chi connectivity index (χ0n) is 9.08. The lowest BCUT2D eigenvalue weighted by Crippen LogP contribution is -2.18. The third-order valence-electron chi connectivity index (χ3n) is 1.63. The first-order chi connectivity index (χ1) is 7.63. The number of benzene rings is 1. The summed E-state index contributed by atoms with van der Waals surface area (Å²) in [5, 5.41) is 4.03. The molecule has 0 saturated carbocycles. The van der Waals surface area contributed by atoms with Crippen molar-refractivity contribution in [2.45, 2.75) is 20.2 Å². The van der Waals surface area contributed by atoms with Crippen LogP contribution in [-0.2, 0) is 11.3 Å². The number of nitrogens with two attached hydrogens (primary N) is 1. The SMILES string of the molecule is Cc1cccc(C)c1OC(F)(F)F.NS(=O)[O-]. The molecule has 0 amide bonds. The molecule has 1 aromatic rings. The molecule has 0 radical (unpaired) electrons. The molecule has 8 heteroatoms. The molecule has 1 rings (SSSR count). The Morgan fingerprint density at radius 2 is 1.65 bits per heavy atom. The monoisotopic (exact) mass is 270 g/mol. The number of para-hydroxylation sites is 1. The van der Waals surface area contributed by atoms with Crippen LogP contribution in [0.5, 0.6) is 5.75 Å². The van der Waals surface area contributed by atoms with Gasteiger partial charge in [0.05, 0.1) is 0 Å². The Balaban J connectivity index is 0.000000557. The van der Waals surface area contributed by atoms with E-state index >= 15 is 0 Å². The quantitative estimate of drug-likeness (QED) is 0.792. The summed E-state index contributed by atoms with van der Waals surface area (Å²) >= 11 is -2.36. The second-order valence-corrected chi connectivity index (χ2v) is 3.55. The minimum atomic E-state index is -4.61. The predicted molar refractivity (Wildman–Crippen MR) is 55.7 cm³/mol. The molecule has 98 valence electrons. The Bertz CT molecular complexity index is 371. The summed E-state index contributed by atoms with van der Waals surface area (Å²) in [6.45, 7) is 3.15. The van der Waals surface area contributed by atoms with Gasteiger partial charge in [-0.3, -0.25) is 9.35 Å². The molecule has 0 fully saturated rings. The summed E-state index contributed by atoms with van der Waals surface area (Å²) in [6.07, 6.45) is -4.61. The molecular weight excluding hydrogens is 259 g/mol. The van der Waals surface area contributed by atoms with Crippen LogP contribution in [0, 0.1) is 13.8 Å². The Kier molecular flexibility index (Phi) is 6.14. The molecular formula is C9H11F3NO3S-. The minimum Gasteiger partial charge on any atom is -0.760 e. The van der Waals surface area contributed by atoms with Gasteiger partial charge in [0, 0.05) is 11.3 Å². The highest BCUT2D eigenvalue weighted by molar-refractivity contribution is 7.76. The van der Waals surface area contributed by atoms with Gasteiger partial charge in [-0.2, -0.15) is 0 Å². The van der Waals surface area contributed by atoms with Gasteiger partial charge in [0.1, 0.15) is 5.75 Å². The van der Waals surface area contributed by atoms with Gasteiger partial charge < -0.3 is 9.29 Å². The Labute approximate surface area is 99.0 Å². The third kappa shape index (κ3) is 7.72. The molecule has 17 heavy (non-hydrogen) atoms. The lowest BCUT2D eigenvalue weighted by atomic mass is 10.1. The Morgan fingerprint density at radius 3 is 1.94 bits per heavy atom. The third-order valence-corrected chi connectivity index (χ3v) is 1.63. The number of aryl methyl sites for hydroxylation is 2. The van der Waals surface area contributed by atoms with Crippen LogP contribution in [-0.4, -0.2) is 15.1 Å². The first-order valence-electron chi connectivity index (χ1n) is 4.29. The zero-order valence-corrected chi connectivity index (χ0v) is 9.89. The summed E-state index contributed by atoms with van der Waals surface area (Å²) in [5.74, 6) is -0.102. The summed E-state index contributed by atoms with van der Waals surface area (Å²) < 4.78 is 57.1. The van der Waals surface area contributed by atoms with Gasteiger partial charge >= 0.3 is 6.36 Å². The van der Waals surface area contributed by atoms with Crippen LogP contribution in [0.25, 0.3) is 0 Å². The van der Waals surface area contributed by atoms with Crippen LogP contribution in [0.2, 0.25) is 0 Å². The highest BCUT2D eigenvalue weighted by atomic mass is 32.2. The van der Waals surface area contributed by atoms with E-state index < -0.39 is 17.6 Å². The van der Waals surface area contributed by atoms with Gasteiger partial charge in [-0.1, -0.05) is 18.2 Å². The summed E-state index contributed by atoms with van der Waals surface area (Å²) in [6, 6.07) is 4.84. The summed E-state index contributed by atoms with van der Waals surface area (Å²) in [7, 11) is 0. The largest absolute Gasteiger partial charge is 0.760 e. The maximum atomic E-state index is 11.9. The van der Waals surface area contributed by atoms with Crippen LogP contribution in [0.1, 0.15) is 11.1 Å². The predicted octanol–water partition coefficient (Wildman–Crippen LogP) is 1.94. The smallest absolute Gasteiger partial charge is 0.573 e. The second-order valence-electron chi connectivity index (χ2n) is 3.03.